The maximum atomic E-state index is 10.5. The van der Waals surface area contributed by atoms with Gasteiger partial charge in [0.15, 0.2) is 0 Å². The van der Waals surface area contributed by atoms with Crippen molar-refractivity contribution < 1.29 is 4.79 Å². The number of nitrogens with one attached hydrogen (secondary N) is 2. The van der Waals surface area contributed by atoms with Crippen LogP contribution in [0.2, 0.25) is 0 Å². The van der Waals surface area contributed by atoms with E-state index in [0.717, 1.165) is 11.1 Å². The van der Waals surface area contributed by atoms with Crippen molar-refractivity contribution in [3.63, 3.8) is 0 Å². The average Bonchev–Trinajstić information content (AvgIpc) is 1.89. The Labute approximate surface area is 68.7 Å². The van der Waals surface area contributed by atoms with E-state index in [0.29, 0.717) is 6.42 Å². The van der Waals surface area contributed by atoms with E-state index in [1.807, 2.05) is 0 Å². The summed E-state index contributed by atoms with van der Waals surface area (Å²) in [4.78, 5) is 10.5. The first-order valence-corrected chi connectivity index (χ1v) is 4.31. The lowest BCUT2D eigenvalue weighted by molar-refractivity contribution is -0.120. The summed E-state index contributed by atoms with van der Waals surface area (Å²) in [6.07, 6.45) is 0.569. The van der Waals surface area contributed by atoms with Gasteiger partial charge in [0.05, 0.1) is 0 Å². The Hall–Kier alpha value is 0.160. The molecule has 0 atom stereocenters. The van der Waals surface area contributed by atoms with E-state index in [2.05, 4.69) is 33.2 Å². The second-order valence-electron chi connectivity index (χ2n) is 1.56. The van der Waals surface area contributed by atoms with Crippen LogP contribution < -0.4 is 10.6 Å². The number of hydrogen-bond acceptors (Lipinski definition) is 2. The molecule has 0 aliphatic rings. The molecular weight excluding hydrogens is 231 g/mol. The van der Waals surface area contributed by atoms with E-state index < -0.39 is 0 Å². The highest BCUT2D eigenvalue weighted by Gasteiger charge is 1.93. The predicted octanol–water partition coefficient (Wildman–Crippen LogP) is 0.105. The SMILES string of the molecule is CNC(=O)CCNCI. The largest absolute Gasteiger partial charge is 0.359 e. The maximum absolute atomic E-state index is 10.5. The molecule has 0 unspecified atom stereocenters. The quantitative estimate of drug-likeness (QED) is 0.318. The third-order valence-electron chi connectivity index (χ3n) is 0.902. The highest BCUT2D eigenvalue weighted by molar-refractivity contribution is 14.1. The lowest BCUT2D eigenvalue weighted by Gasteiger charge is -1.97. The zero-order valence-corrected chi connectivity index (χ0v) is 7.57. The maximum Gasteiger partial charge on any atom is 0.221 e. The van der Waals surface area contributed by atoms with Crippen LogP contribution in [0.15, 0.2) is 0 Å². The Morgan fingerprint density at radius 3 is 2.78 bits per heavy atom. The van der Waals surface area contributed by atoms with Gasteiger partial charge < -0.3 is 10.6 Å². The van der Waals surface area contributed by atoms with E-state index in [9.17, 15) is 4.79 Å². The van der Waals surface area contributed by atoms with Gasteiger partial charge >= 0.3 is 0 Å². The summed E-state index contributed by atoms with van der Waals surface area (Å²) in [7, 11) is 1.65. The first-order chi connectivity index (χ1) is 4.31. The zero-order valence-electron chi connectivity index (χ0n) is 5.41. The van der Waals surface area contributed by atoms with E-state index in [1.165, 1.54) is 0 Å². The summed E-state index contributed by atoms with van der Waals surface area (Å²) in [6, 6.07) is 0. The van der Waals surface area contributed by atoms with Crippen molar-refractivity contribution >= 4 is 28.5 Å². The van der Waals surface area contributed by atoms with Crippen molar-refractivity contribution in [2.45, 2.75) is 6.42 Å². The molecule has 0 aromatic heterocycles. The fourth-order valence-electron chi connectivity index (χ4n) is 0.394. The van der Waals surface area contributed by atoms with E-state index in [4.69, 9.17) is 0 Å². The topological polar surface area (TPSA) is 41.1 Å². The van der Waals surface area contributed by atoms with Crippen LogP contribution in [-0.2, 0) is 4.79 Å². The molecule has 54 valence electrons. The molecule has 2 N–H and O–H groups in total. The standard InChI is InChI=1S/C5H11IN2O/c1-7-5(9)2-3-8-4-6/h8H,2-4H2,1H3,(H,7,9). The van der Waals surface area contributed by atoms with Crippen LogP contribution in [0.4, 0.5) is 0 Å². The molecule has 0 radical (unpaired) electrons. The van der Waals surface area contributed by atoms with Crippen molar-refractivity contribution in [2.75, 3.05) is 18.1 Å². The van der Waals surface area contributed by atoms with Crippen molar-refractivity contribution in [3.05, 3.63) is 0 Å². The molecule has 0 rings (SSSR count). The third-order valence-corrected chi connectivity index (χ3v) is 1.44. The second kappa shape index (κ2) is 6.28. The lowest BCUT2D eigenvalue weighted by Crippen LogP contribution is -2.23. The van der Waals surface area contributed by atoms with Crippen molar-refractivity contribution in [1.82, 2.24) is 10.6 Å². The number of rotatable bonds is 4. The van der Waals surface area contributed by atoms with Gasteiger partial charge in [-0.15, -0.1) is 0 Å². The van der Waals surface area contributed by atoms with Crippen molar-refractivity contribution in [3.8, 4) is 0 Å². The van der Waals surface area contributed by atoms with Crippen LogP contribution >= 0.6 is 22.6 Å². The number of alkyl halides is 1. The molecule has 0 fully saturated rings. The van der Waals surface area contributed by atoms with Gasteiger partial charge in [-0.05, 0) is 0 Å². The molecule has 3 nitrogen and oxygen atoms in total. The highest BCUT2D eigenvalue weighted by Crippen LogP contribution is 1.77. The lowest BCUT2D eigenvalue weighted by atomic mass is 10.4. The van der Waals surface area contributed by atoms with Gasteiger partial charge in [0.2, 0.25) is 5.91 Å². The van der Waals surface area contributed by atoms with E-state index >= 15 is 0 Å². The Morgan fingerprint density at radius 1 is 1.67 bits per heavy atom. The van der Waals surface area contributed by atoms with Gasteiger partial charge in [-0.3, -0.25) is 4.79 Å². The van der Waals surface area contributed by atoms with Gasteiger partial charge in [0.25, 0.3) is 0 Å². The van der Waals surface area contributed by atoms with Gasteiger partial charge in [-0.1, -0.05) is 22.6 Å². The van der Waals surface area contributed by atoms with E-state index in [-0.39, 0.29) is 5.91 Å². The Balaban J connectivity index is 2.97. The Bertz CT molecular complexity index is 87.0. The predicted molar refractivity (Wildman–Crippen MR) is 45.6 cm³/mol. The van der Waals surface area contributed by atoms with Crippen molar-refractivity contribution in [2.24, 2.45) is 0 Å². The first kappa shape index (κ1) is 9.16. The molecule has 0 aliphatic heterocycles. The van der Waals surface area contributed by atoms with Crippen LogP contribution in [0.1, 0.15) is 6.42 Å². The van der Waals surface area contributed by atoms with Gasteiger partial charge in [0, 0.05) is 24.6 Å². The number of hydrogen-bond donors (Lipinski definition) is 2. The molecule has 0 aliphatic carbocycles. The highest BCUT2D eigenvalue weighted by atomic mass is 127. The normalized spacial score (nSPS) is 9.11. The smallest absolute Gasteiger partial charge is 0.221 e. The molecule has 0 saturated carbocycles. The first-order valence-electron chi connectivity index (χ1n) is 2.78. The number of carbonyl (C=O) groups excluding carboxylic acids is 1. The molecule has 0 heterocycles. The monoisotopic (exact) mass is 242 g/mol. The van der Waals surface area contributed by atoms with Crippen LogP contribution in [0.5, 0.6) is 0 Å². The minimum Gasteiger partial charge on any atom is -0.359 e. The summed E-state index contributed by atoms with van der Waals surface area (Å²) >= 11 is 2.20. The fourth-order valence-corrected chi connectivity index (χ4v) is 0.775. The fraction of sp³-hybridized carbons (Fsp3) is 0.800. The van der Waals surface area contributed by atoms with Crippen LogP contribution in [-0.4, -0.2) is 24.1 Å². The molecular formula is C5H11IN2O. The van der Waals surface area contributed by atoms with Gasteiger partial charge in [-0.25, -0.2) is 0 Å². The minimum atomic E-state index is 0.0901. The molecule has 0 spiro atoms. The summed E-state index contributed by atoms with van der Waals surface area (Å²) < 4.78 is 0.898. The third kappa shape index (κ3) is 6.04. The number of halogens is 1. The second-order valence-corrected chi connectivity index (χ2v) is 2.32. The Kier molecular flexibility index (Phi) is 6.39. The molecule has 4 heteroatoms. The summed E-state index contributed by atoms with van der Waals surface area (Å²) in [6.45, 7) is 0.766. The number of amides is 1. The van der Waals surface area contributed by atoms with E-state index in [1.54, 1.807) is 7.05 Å². The number of carbonyl (C=O) groups is 1. The molecule has 0 aromatic carbocycles. The summed E-state index contributed by atoms with van der Waals surface area (Å²) in [5, 5.41) is 5.58. The Morgan fingerprint density at radius 2 is 2.33 bits per heavy atom. The zero-order chi connectivity index (χ0) is 7.11. The molecule has 0 aromatic rings. The average molecular weight is 242 g/mol. The van der Waals surface area contributed by atoms with Gasteiger partial charge in [0.1, 0.15) is 0 Å². The van der Waals surface area contributed by atoms with Crippen molar-refractivity contribution in [1.29, 1.82) is 0 Å². The summed E-state index contributed by atoms with van der Waals surface area (Å²) in [5.41, 5.74) is 0. The molecule has 0 saturated heterocycles. The molecule has 0 bridgehead atoms. The van der Waals surface area contributed by atoms with Crippen LogP contribution in [0.3, 0.4) is 0 Å². The molecule has 1 amide bonds. The minimum absolute atomic E-state index is 0.0901. The molecule has 9 heavy (non-hydrogen) atoms. The summed E-state index contributed by atoms with van der Waals surface area (Å²) in [5.74, 6) is 0.0901. The van der Waals surface area contributed by atoms with Crippen LogP contribution in [0, 0.1) is 0 Å². The van der Waals surface area contributed by atoms with Gasteiger partial charge in [-0.2, -0.15) is 0 Å². The van der Waals surface area contributed by atoms with Crippen LogP contribution in [0.25, 0.3) is 0 Å².